The average molecular weight is 340 g/mol. The maximum atomic E-state index is 11.2. The van der Waals surface area contributed by atoms with Crippen LogP contribution in [0.3, 0.4) is 0 Å². The normalized spacial score (nSPS) is 11.4. The number of hydrogen-bond donors (Lipinski definition) is 1. The van der Waals surface area contributed by atoms with Crippen molar-refractivity contribution >= 4 is 44.7 Å². The molecular weight excluding hydrogens is 321 g/mol. The average Bonchev–Trinajstić information content (AvgIpc) is 2.34. The molecule has 0 radical (unpaired) electrons. The smallest absolute Gasteiger partial charge is 0.149 e. The molecule has 0 fully saturated rings. The van der Waals surface area contributed by atoms with Gasteiger partial charge in [-0.3, -0.25) is 0 Å². The van der Waals surface area contributed by atoms with Crippen LogP contribution >= 0.6 is 23.2 Å². The van der Waals surface area contributed by atoms with Crippen LogP contribution in [0.4, 0.5) is 11.6 Å². The first-order chi connectivity index (χ1) is 9.24. The van der Waals surface area contributed by atoms with E-state index in [-0.39, 0.29) is 5.75 Å². The second-order valence-corrected chi connectivity index (χ2v) is 7.68. The molecule has 0 bridgehead atoms. The molecule has 0 atom stereocenters. The molecule has 5 nitrogen and oxygen atoms in total. The van der Waals surface area contributed by atoms with Gasteiger partial charge in [0.25, 0.3) is 0 Å². The summed E-state index contributed by atoms with van der Waals surface area (Å²) in [5.74, 6) is 1.11. The monoisotopic (exact) mass is 339 g/mol. The summed E-state index contributed by atoms with van der Waals surface area (Å²) >= 11 is 12.2. The van der Waals surface area contributed by atoms with Crippen molar-refractivity contribution in [1.82, 2.24) is 4.98 Å². The molecule has 20 heavy (non-hydrogen) atoms. The van der Waals surface area contributed by atoms with E-state index in [1.165, 1.54) is 6.26 Å². The molecule has 1 aromatic rings. The quantitative estimate of drug-likeness (QED) is 0.827. The van der Waals surface area contributed by atoms with Crippen LogP contribution in [0.15, 0.2) is 6.07 Å². The van der Waals surface area contributed by atoms with Crippen LogP contribution in [0.5, 0.6) is 0 Å². The van der Waals surface area contributed by atoms with E-state index in [1.54, 1.807) is 18.0 Å². The third-order valence-electron chi connectivity index (χ3n) is 2.61. The summed E-state index contributed by atoms with van der Waals surface area (Å²) in [5, 5.41) is 3.96. The van der Waals surface area contributed by atoms with Crippen LogP contribution < -0.4 is 10.2 Å². The number of halogens is 2. The van der Waals surface area contributed by atoms with Crippen molar-refractivity contribution in [1.29, 1.82) is 0 Å². The van der Waals surface area contributed by atoms with E-state index in [4.69, 9.17) is 23.2 Å². The summed E-state index contributed by atoms with van der Waals surface area (Å²) in [6.07, 6.45) is 2.14. The molecule has 1 aromatic heterocycles. The Hall–Kier alpha value is -0.720. The molecule has 0 unspecified atom stereocenters. The van der Waals surface area contributed by atoms with Crippen LogP contribution in [0.1, 0.15) is 13.3 Å². The zero-order chi connectivity index (χ0) is 15.3. The minimum Gasteiger partial charge on any atom is -0.369 e. The summed E-state index contributed by atoms with van der Waals surface area (Å²) in [6.45, 7) is 3.11. The van der Waals surface area contributed by atoms with Crippen molar-refractivity contribution in [2.75, 3.05) is 42.4 Å². The summed E-state index contributed by atoms with van der Waals surface area (Å²) in [7, 11) is -1.28. The van der Waals surface area contributed by atoms with Crippen LogP contribution in [0.25, 0.3) is 0 Å². The van der Waals surface area contributed by atoms with Crippen molar-refractivity contribution in [3.05, 3.63) is 16.1 Å². The minimum absolute atomic E-state index is 0.0435. The Morgan fingerprint density at radius 2 is 2.00 bits per heavy atom. The van der Waals surface area contributed by atoms with E-state index in [0.29, 0.717) is 28.2 Å². The zero-order valence-corrected chi connectivity index (χ0v) is 14.1. The van der Waals surface area contributed by atoms with Gasteiger partial charge in [0.1, 0.15) is 21.5 Å². The molecule has 0 aliphatic heterocycles. The predicted octanol–water partition coefficient (Wildman–Crippen LogP) is 2.69. The van der Waals surface area contributed by atoms with Gasteiger partial charge in [-0.25, -0.2) is 13.4 Å². The molecule has 0 aromatic carbocycles. The molecule has 1 N–H and O–H groups in total. The third-order valence-corrected chi connectivity index (χ3v) is 4.10. The van der Waals surface area contributed by atoms with Crippen LogP contribution in [-0.2, 0) is 9.84 Å². The van der Waals surface area contributed by atoms with Gasteiger partial charge in [0.2, 0.25) is 0 Å². The molecule has 0 amide bonds. The lowest BCUT2D eigenvalue weighted by molar-refractivity contribution is 0.601. The summed E-state index contributed by atoms with van der Waals surface area (Å²) < 4.78 is 22.4. The molecule has 0 saturated heterocycles. The maximum absolute atomic E-state index is 11.2. The topological polar surface area (TPSA) is 62.3 Å². The molecular formula is C12H19Cl2N3O2S. The Morgan fingerprint density at radius 1 is 1.35 bits per heavy atom. The first kappa shape index (κ1) is 17.3. The minimum atomic E-state index is -3.03. The molecule has 1 heterocycles. The lowest BCUT2D eigenvalue weighted by Crippen LogP contribution is -2.26. The van der Waals surface area contributed by atoms with Crippen molar-refractivity contribution < 1.29 is 8.42 Å². The van der Waals surface area contributed by atoms with Crippen LogP contribution in [0.2, 0.25) is 10.0 Å². The molecule has 0 spiro atoms. The Balaban J connectivity index is 2.92. The van der Waals surface area contributed by atoms with E-state index < -0.39 is 9.84 Å². The lowest BCUT2D eigenvalue weighted by Gasteiger charge is -2.20. The number of anilines is 2. The van der Waals surface area contributed by atoms with Crippen LogP contribution in [-0.4, -0.2) is 45.5 Å². The van der Waals surface area contributed by atoms with E-state index >= 15 is 0 Å². The number of aromatic nitrogens is 1. The molecule has 1 rings (SSSR count). The Kier molecular flexibility index (Phi) is 6.36. The van der Waals surface area contributed by atoms with Crippen molar-refractivity contribution in [2.24, 2.45) is 0 Å². The van der Waals surface area contributed by atoms with Gasteiger partial charge in [-0.1, -0.05) is 30.1 Å². The second-order valence-electron chi connectivity index (χ2n) is 4.60. The second kappa shape index (κ2) is 7.33. The van der Waals surface area contributed by atoms with Gasteiger partial charge in [-0.2, -0.15) is 0 Å². The van der Waals surface area contributed by atoms with E-state index in [9.17, 15) is 8.42 Å². The number of hydrogen-bond acceptors (Lipinski definition) is 5. The standard InChI is InChI=1S/C12H19Cl2N3O2S/c1-4-5-15-11-9(13)8-10(14)12(16-11)17(2)6-7-20(3,18)19/h8H,4-7H2,1-3H3,(H,15,16). The van der Waals surface area contributed by atoms with Gasteiger partial charge >= 0.3 is 0 Å². The number of pyridine rings is 1. The third kappa shape index (κ3) is 5.34. The Morgan fingerprint density at radius 3 is 2.55 bits per heavy atom. The van der Waals surface area contributed by atoms with E-state index in [2.05, 4.69) is 10.3 Å². The van der Waals surface area contributed by atoms with Crippen molar-refractivity contribution in [3.8, 4) is 0 Å². The van der Waals surface area contributed by atoms with Gasteiger partial charge in [0.15, 0.2) is 0 Å². The van der Waals surface area contributed by atoms with Gasteiger partial charge in [0.05, 0.1) is 15.8 Å². The Labute approximate surface area is 130 Å². The number of sulfone groups is 1. The number of rotatable bonds is 7. The highest BCUT2D eigenvalue weighted by Crippen LogP contribution is 2.30. The van der Waals surface area contributed by atoms with Gasteiger partial charge in [-0.05, 0) is 12.5 Å². The zero-order valence-electron chi connectivity index (χ0n) is 11.8. The summed E-state index contributed by atoms with van der Waals surface area (Å²) in [6, 6.07) is 1.61. The van der Waals surface area contributed by atoms with Crippen LogP contribution in [0, 0.1) is 0 Å². The van der Waals surface area contributed by atoms with Gasteiger partial charge in [-0.15, -0.1) is 0 Å². The van der Waals surface area contributed by atoms with E-state index in [1.807, 2.05) is 6.92 Å². The van der Waals surface area contributed by atoms with Crippen molar-refractivity contribution in [3.63, 3.8) is 0 Å². The fourth-order valence-electron chi connectivity index (χ4n) is 1.50. The fraction of sp³-hybridized carbons (Fsp3) is 0.583. The molecule has 114 valence electrons. The summed E-state index contributed by atoms with van der Waals surface area (Å²) in [5.41, 5.74) is 0. The molecule has 8 heteroatoms. The number of nitrogens with zero attached hydrogens (tertiary/aromatic N) is 2. The molecule has 0 aliphatic carbocycles. The Bertz CT molecular complexity index is 564. The largest absolute Gasteiger partial charge is 0.369 e. The first-order valence-electron chi connectivity index (χ1n) is 6.23. The molecule has 0 aliphatic rings. The van der Waals surface area contributed by atoms with E-state index in [0.717, 1.165) is 13.0 Å². The van der Waals surface area contributed by atoms with Crippen molar-refractivity contribution in [2.45, 2.75) is 13.3 Å². The van der Waals surface area contributed by atoms with Gasteiger partial charge in [0, 0.05) is 26.4 Å². The predicted molar refractivity (Wildman–Crippen MR) is 86.0 cm³/mol. The molecule has 0 saturated carbocycles. The fourth-order valence-corrected chi connectivity index (χ4v) is 2.68. The maximum Gasteiger partial charge on any atom is 0.149 e. The summed E-state index contributed by atoms with van der Waals surface area (Å²) in [4.78, 5) is 6.07. The highest BCUT2D eigenvalue weighted by molar-refractivity contribution is 7.90. The highest BCUT2D eigenvalue weighted by atomic mass is 35.5. The highest BCUT2D eigenvalue weighted by Gasteiger charge is 2.14. The SMILES string of the molecule is CCCNc1nc(N(C)CCS(C)(=O)=O)c(Cl)cc1Cl. The number of nitrogens with one attached hydrogen (secondary N) is 1. The first-order valence-corrected chi connectivity index (χ1v) is 9.05. The lowest BCUT2D eigenvalue weighted by atomic mass is 10.4. The van der Waals surface area contributed by atoms with Gasteiger partial charge < -0.3 is 10.2 Å².